The number of rotatable bonds is 3. The first-order valence-corrected chi connectivity index (χ1v) is 8.13. The Hall–Kier alpha value is -3.06. The average molecular weight is 370 g/mol. The van der Waals surface area contributed by atoms with Crippen molar-refractivity contribution in [3.8, 4) is 5.75 Å². The molecule has 1 aliphatic heterocycles. The molecular weight excluding hydrogens is 355 g/mol. The smallest absolute Gasteiger partial charge is 0.270 e. The zero-order chi connectivity index (χ0) is 18.8. The van der Waals surface area contributed by atoms with Gasteiger partial charge in [-0.3, -0.25) is 19.8 Å². The second-order valence-corrected chi connectivity index (χ2v) is 6.05. The minimum absolute atomic E-state index is 0.0466. The maximum atomic E-state index is 13.1. The summed E-state index contributed by atoms with van der Waals surface area (Å²) in [6.45, 7) is 1.86. The highest BCUT2D eigenvalue weighted by atomic mass is 32.1. The zero-order valence-electron chi connectivity index (χ0n) is 14.1. The Morgan fingerprint density at radius 3 is 2.46 bits per heavy atom. The van der Waals surface area contributed by atoms with Crippen LogP contribution in [0.4, 0.5) is 10.1 Å². The van der Waals surface area contributed by atoms with Crippen molar-refractivity contribution in [2.75, 3.05) is 12.0 Å². The molecule has 5 nitrogen and oxygen atoms in total. The summed E-state index contributed by atoms with van der Waals surface area (Å²) in [7, 11) is 1.57. The van der Waals surface area contributed by atoms with Gasteiger partial charge in [0.1, 0.15) is 17.1 Å². The molecular formula is C19H15FN2O3S. The SMILES string of the molecule is COc1ccc(C=C2C(=O)NC(=S)N(c3ccc(F)cc3)C2=O)cc1C. The van der Waals surface area contributed by atoms with E-state index in [1.807, 2.05) is 13.0 Å². The fourth-order valence-electron chi connectivity index (χ4n) is 2.64. The fourth-order valence-corrected chi connectivity index (χ4v) is 2.92. The van der Waals surface area contributed by atoms with Gasteiger partial charge in [0.05, 0.1) is 12.8 Å². The van der Waals surface area contributed by atoms with Gasteiger partial charge in [-0.25, -0.2) is 4.39 Å². The van der Waals surface area contributed by atoms with Gasteiger partial charge in [-0.2, -0.15) is 0 Å². The van der Waals surface area contributed by atoms with Crippen LogP contribution in [-0.4, -0.2) is 24.0 Å². The molecule has 1 heterocycles. The van der Waals surface area contributed by atoms with E-state index in [1.165, 1.54) is 35.2 Å². The summed E-state index contributed by atoms with van der Waals surface area (Å²) in [5, 5.41) is 2.44. The van der Waals surface area contributed by atoms with Crippen LogP contribution in [0.3, 0.4) is 0 Å². The number of benzene rings is 2. The molecule has 0 aliphatic carbocycles. The monoisotopic (exact) mass is 370 g/mol. The predicted molar refractivity (Wildman–Crippen MR) is 100 cm³/mol. The minimum atomic E-state index is -0.577. The van der Waals surface area contributed by atoms with Crippen LogP contribution in [-0.2, 0) is 9.59 Å². The van der Waals surface area contributed by atoms with E-state index in [0.717, 1.165) is 5.56 Å². The summed E-state index contributed by atoms with van der Waals surface area (Å²) < 4.78 is 18.4. The Morgan fingerprint density at radius 2 is 1.85 bits per heavy atom. The number of hydrogen-bond donors (Lipinski definition) is 1. The quantitative estimate of drug-likeness (QED) is 0.513. The molecule has 132 valence electrons. The van der Waals surface area contributed by atoms with Gasteiger partial charge in [0.25, 0.3) is 11.8 Å². The Bertz CT molecular complexity index is 938. The van der Waals surface area contributed by atoms with Crippen molar-refractivity contribution in [2.45, 2.75) is 6.92 Å². The first kappa shape index (κ1) is 17.8. The number of aryl methyl sites for hydroxylation is 1. The Morgan fingerprint density at radius 1 is 1.15 bits per heavy atom. The molecule has 0 atom stereocenters. The molecule has 0 saturated carbocycles. The number of thiocarbonyl (C=S) groups is 1. The zero-order valence-corrected chi connectivity index (χ0v) is 14.9. The molecule has 0 aromatic heterocycles. The van der Waals surface area contributed by atoms with E-state index in [4.69, 9.17) is 17.0 Å². The number of carbonyl (C=O) groups excluding carboxylic acids is 2. The number of hydrogen-bond acceptors (Lipinski definition) is 4. The van der Waals surface area contributed by atoms with Crippen LogP contribution in [0.1, 0.15) is 11.1 Å². The van der Waals surface area contributed by atoms with E-state index in [1.54, 1.807) is 19.2 Å². The molecule has 0 bridgehead atoms. The van der Waals surface area contributed by atoms with E-state index in [-0.39, 0.29) is 10.7 Å². The van der Waals surface area contributed by atoms with Crippen LogP contribution in [0.2, 0.25) is 0 Å². The number of carbonyl (C=O) groups is 2. The van der Waals surface area contributed by atoms with Gasteiger partial charge in [-0.05, 0) is 72.7 Å². The topological polar surface area (TPSA) is 58.6 Å². The van der Waals surface area contributed by atoms with Crippen LogP contribution in [0.5, 0.6) is 5.75 Å². The molecule has 2 amide bonds. The van der Waals surface area contributed by atoms with Crippen molar-refractivity contribution in [3.05, 3.63) is 65.0 Å². The standard InChI is InChI=1S/C19H15FN2O3S/c1-11-9-12(3-8-16(11)25-2)10-15-17(23)21-19(26)22(18(15)24)14-6-4-13(20)5-7-14/h3-10H,1-2H3,(H,21,23,26). The highest BCUT2D eigenvalue weighted by molar-refractivity contribution is 7.80. The van der Waals surface area contributed by atoms with Crippen LogP contribution in [0.25, 0.3) is 6.08 Å². The average Bonchev–Trinajstić information content (AvgIpc) is 2.60. The van der Waals surface area contributed by atoms with Crippen molar-refractivity contribution in [1.29, 1.82) is 0 Å². The van der Waals surface area contributed by atoms with Crippen molar-refractivity contribution in [2.24, 2.45) is 0 Å². The molecule has 3 rings (SSSR count). The molecule has 26 heavy (non-hydrogen) atoms. The van der Waals surface area contributed by atoms with Crippen molar-refractivity contribution in [1.82, 2.24) is 5.32 Å². The molecule has 1 N–H and O–H groups in total. The summed E-state index contributed by atoms with van der Waals surface area (Å²) in [5.74, 6) is -0.871. The molecule has 2 aromatic carbocycles. The van der Waals surface area contributed by atoms with Gasteiger partial charge in [0.15, 0.2) is 5.11 Å². The third-order valence-electron chi connectivity index (χ3n) is 3.92. The van der Waals surface area contributed by atoms with E-state index >= 15 is 0 Å². The van der Waals surface area contributed by atoms with E-state index in [2.05, 4.69) is 5.32 Å². The minimum Gasteiger partial charge on any atom is -0.496 e. The first-order chi connectivity index (χ1) is 12.4. The molecule has 0 unspecified atom stereocenters. The second kappa shape index (κ2) is 7.05. The number of ether oxygens (including phenoxy) is 1. The Balaban J connectivity index is 1.99. The summed E-state index contributed by atoms with van der Waals surface area (Å²) in [6.07, 6.45) is 1.49. The number of methoxy groups -OCH3 is 1. The summed E-state index contributed by atoms with van der Waals surface area (Å²) in [4.78, 5) is 26.3. The summed E-state index contributed by atoms with van der Waals surface area (Å²) in [6, 6.07) is 10.6. The van der Waals surface area contributed by atoms with Gasteiger partial charge >= 0.3 is 0 Å². The molecule has 0 spiro atoms. The van der Waals surface area contributed by atoms with Crippen LogP contribution < -0.4 is 15.0 Å². The largest absolute Gasteiger partial charge is 0.496 e. The van der Waals surface area contributed by atoms with E-state index in [0.29, 0.717) is 17.0 Å². The highest BCUT2D eigenvalue weighted by Crippen LogP contribution is 2.24. The first-order valence-electron chi connectivity index (χ1n) is 7.72. The number of anilines is 1. The number of nitrogens with one attached hydrogen (secondary N) is 1. The van der Waals surface area contributed by atoms with Gasteiger partial charge < -0.3 is 4.74 Å². The normalized spacial score (nSPS) is 16.0. The molecule has 1 saturated heterocycles. The van der Waals surface area contributed by atoms with Gasteiger partial charge in [-0.1, -0.05) is 6.07 Å². The van der Waals surface area contributed by atoms with E-state index < -0.39 is 17.6 Å². The Kier molecular flexibility index (Phi) is 4.81. The third-order valence-corrected chi connectivity index (χ3v) is 4.20. The predicted octanol–water partition coefficient (Wildman–Crippen LogP) is 2.97. The third kappa shape index (κ3) is 3.34. The van der Waals surface area contributed by atoms with Crippen molar-refractivity contribution < 1.29 is 18.7 Å². The van der Waals surface area contributed by atoms with Crippen molar-refractivity contribution in [3.63, 3.8) is 0 Å². The van der Waals surface area contributed by atoms with Crippen LogP contribution in [0, 0.1) is 12.7 Å². The van der Waals surface area contributed by atoms with Gasteiger partial charge in [0.2, 0.25) is 0 Å². The maximum absolute atomic E-state index is 13.1. The summed E-state index contributed by atoms with van der Waals surface area (Å²) in [5.41, 5.74) is 1.86. The lowest BCUT2D eigenvalue weighted by Gasteiger charge is -2.28. The molecule has 7 heteroatoms. The fraction of sp³-hybridized carbons (Fsp3) is 0.105. The lowest BCUT2D eigenvalue weighted by molar-refractivity contribution is -0.122. The number of amides is 2. The van der Waals surface area contributed by atoms with E-state index in [9.17, 15) is 14.0 Å². The van der Waals surface area contributed by atoms with Gasteiger partial charge in [0, 0.05) is 0 Å². The summed E-state index contributed by atoms with van der Waals surface area (Å²) >= 11 is 5.10. The second-order valence-electron chi connectivity index (χ2n) is 5.66. The molecule has 0 radical (unpaired) electrons. The number of nitrogens with zero attached hydrogens (tertiary/aromatic N) is 1. The maximum Gasteiger partial charge on any atom is 0.270 e. The molecule has 1 fully saturated rings. The Labute approximate surface area is 155 Å². The van der Waals surface area contributed by atoms with Crippen molar-refractivity contribution >= 4 is 40.9 Å². The van der Waals surface area contributed by atoms with Gasteiger partial charge in [-0.15, -0.1) is 0 Å². The molecule has 1 aliphatic rings. The van der Waals surface area contributed by atoms with Crippen LogP contribution in [0.15, 0.2) is 48.0 Å². The highest BCUT2D eigenvalue weighted by Gasteiger charge is 2.34. The lowest BCUT2D eigenvalue weighted by atomic mass is 10.0. The van der Waals surface area contributed by atoms with Crippen LogP contribution >= 0.6 is 12.2 Å². The molecule has 2 aromatic rings. The lowest BCUT2D eigenvalue weighted by Crippen LogP contribution is -2.54. The number of halogens is 1.